The molecule has 0 spiro atoms. The predicted octanol–water partition coefficient (Wildman–Crippen LogP) is 3.13. The molecule has 1 atom stereocenters. The van der Waals surface area contributed by atoms with Crippen LogP contribution in [0.5, 0.6) is 5.75 Å². The maximum absolute atomic E-state index is 11.8. The molecule has 0 saturated carbocycles. The van der Waals surface area contributed by atoms with Crippen molar-refractivity contribution in [3.63, 3.8) is 0 Å². The number of aliphatic hydroxyl groups is 1. The molecule has 132 valence electrons. The summed E-state index contributed by atoms with van der Waals surface area (Å²) in [6.07, 6.45) is -1.01. The molecule has 25 heavy (non-hydrogen) atoms. The topological polar surface area (TPSA) is 102 Å². The summed E-state index contributed by atoms with van der Waals surface area (Å²) in [6.45, 7) is -0.396. The summed E-state index contributed by atoms with van der Waals surface area (Å²) in [4.78, 5) is 21.9. The lowest BCUT2D eigenvalue weighted by molar-refractivity contribution is -0.384. The van der Waals surface area contributed by atoms with Gasteiger partial charge in [-0.25, -0.2) is 0 Å². The van der Waals surface area contributed by atoms with Crippen molar-refractivity contribution in [3.05, 3.63) is 68.2 Å². The summed E-state index contributed by atoms with van der Waals surface area (Å²) in [6, 6.07) is 10.2. The molecular weight excluding hydrogens is 371 g/mol. The molecule has 0 aliphatic carbocycles. The van der Waals surface area contributed by atoms with Crippen LogP contribution in [0, 0.1) is 10.1 Å². The number of benzene rings is 2. The number of carbonyl (C=O) groups is 1. The van der Waals surface area contributed by atoms with Crippen molar-refractivity contribution < 1.29 is 19.6 Å². The van der Waals surface area contributed by atoms with E-state index >= 15 is 0 Å². The number of non-ortho nitro benzene ring substituents is 1. The van der Waals surface area contributed by atoms with E-state index in [1.165, 1.54) is 24.3 Å². The predicted molar refractivity (Wildman–Crippen MR) is 93.0 cm³/mol. The van der Waals surface area contributed by atoms with E-state index in [1.54, 1.807) is 18.2 Å². The number of aliphatic hydroxyl groups excluding tert-OH is 1. The molecule has 7 nitrogen and oxygen atoms in total. The molecule has 0 fully saturated rings. The van der Waals surface area contributed by atoms with E-state index < -0.39 is 16.9 Å². The Bertz CT molecular complexity index is 747. The Hall–Kier alpha value is -2.35. The molecule has 0 heterocycles. The first-order valence-corrected chi connectivity index (χ1v) is 7.90. The smallest absolute Gasteiger partial charge is 0.269 e. The standard InChI is InChI=1S/C16H14Cl2N2O5/c17-12-2-1-3-13(18)16(12)25-9-15(22)19-8-14(21)10-4-6-11(7-5-10)20(23)24/h1-7,14,21H,8-9H2,(H,19,22). The minimum Gasteiger partial charge on any atom is -0.481 e. The highest BCUT2D eigenvalue weighted by Gasteiger charge is 2.13. The summed E-state index contributed by atoms with van der Waals surface area (Å²) in [5, 5.41) is 23.7. The fraction of sp³-hybridized carbons (Fsp3) is 0.188. The molecule has 1 unspecified atom stereocenters. The lowest BCUT2D eigenvalue weighted by Crippen LogP contribution is -2.32. The molecule has 9 heteroatoms. The highest BCUT2D eigenvalue weighted by Crippen LogP contribution is 2.32. The Labute approximate surface area is 153 Å². The van der Waals surface area contributed by atoms with Crippen LogP contribution in [0.2, 0.25) is 10.0 Å². The number of rotatable bonds is 7. The molecule has 0 saturated heterocycles. The SMILES string of the molecule is O=C(COc1c(Cl)cccc1Cl)NCC(O)c1ccc([N+](=O)[O-])cc1. The molecule has 0 aliphatic rings. The van der Waals surface area contributed by atoms with Gasteiger partial charge in [-0.1, -0.05) is 29.3 Å². The second kappa shape index (κ2) is 8.66. The molecule has 2 N–H and O–H groups in total. The third-order valence-corrected chi connectivity index (χ3v) is 3.84. The van der Waals surface area contributed by atoms with Crippen LogP contribution >= 0.6 is 23.2 Å². The van der Waals surface area contributed by atoms with Crippen molar-refractivity contribution in [2.24, 2.45) is 0 Å². The van der Waals surface area contributed by atoms with E-state index in [0.717, 1.165) is 0 Å². The van der Waals surface area contributed by atoms with Gasteiger partial charge in [-0.2, -0.15) is 0 Å². The maximum Gasteiger partial charge on any atom is 0.269 e. The summed E-state index contributed by atoms with van der Waals surface area (Å²) < 4.78 is 5.28. The monoisotopic (exact) mass is 384 g/mol. The van der Waals surface area contributed by atoms with Crippen LogP contribution in [0.4, 0.5) is 5.69 Å². The Morgan fingerprint density at radius 3 is 2.36 bits per heavy atom. The van der Waals surface area contributed by atoms with Crippen molar-refractivity contribution in [2.45, 2.75) is 6.10 Å². The number of hydrogen-bond donors (Lipinski definition) is 2. The molecule has 2 aromatic carbocycles. The summed E-state index contributed by atoms with van der Waals surface area (Å²) in [5.74, 6) is -0.270. The second-order valence-corrected chi connectivity index (χ2v) is 5.82. The van der Waals surface area contributed by atoms with Crippen LogP contribution in [0.15, 0.2) is 42.5 Å². The highest BCUT2D eigenvalue weighted by molar-refractivity contribution is 6.37. The van der Waals surface area contributed by atoms with Crippen molar-refractivity contribution in [2.75, 3.05) is 13.2 Å². The lowest BCUT2D eigenvalue weighted by atomic mass is 10.1. The Morgan fingerprint density at radius 2 is 1.80 bits per heavy atom. The Kier molecular flexibility index (Phi) is 6.58. The molecular formula is C16H14Cl2N2O5. The van der Waals surface area contributed by atoms with Gasteiger partial charge in [0.25, 0.3) is 11.6 Å². The van der Waals surface area contributed by atoms with Gasteiger partial charge >= 0.3 is 0 Å². The van der Waals surface area contributed by atoms with Crippen LogP contribution in [-0.2, 0) is 4.79 Å². The zero-order valence-electron chi connectivity index (χ0n) is 12.8. The molecule has 2 aromatic rings. The zero-order chi connectivity index (χ0) is 18.4. The van der Waals surface area contributed by atoms with E-state index in [0.29, 0.717) is 5.56 Å². The van der Waals surface area contributed by atoms with Crippen LogP contribution in [-0.4, -0.2) is 29.1 Å². The van der Waals surface area contributed by atoms with Gasteiger partial charge in [-0.15, -0.1) is 0 Å². The average molecular weight is 385 g/mol. The number of para-hydroxylation sites is 1. The Morgan fingerprint density at radius 1 is 1.20 bits per heavy atom. The normalized spacial score (nSPS) is 11.6. The second-order valence-electron chi connectivity index (χ2n) is 5.01. The van der Waals surface area contributed by atoms with Gasteiger partial charge in [0.2, 0.25) is 0 Å². The van der Waals surface area contributed by atoms with Gasteiger partial charge in [0.05, 0.1) is 21.1 Å². The van der Waals surface area contributed by atoms with Crippen LogP contribution < -0.4 is 10.1 Å². The fourth-order valence-corrected chi connectivity index (χ4v) is 2.46. The van der Waals surface area contributed by atoms with Gasteiger partial charge in [0.15, 0.2) is 12.4 Å². The number of ether oxygens (including phenoxy) is 1. The van der Waals surface area contributed by atoms with Gasteiger partial charge in [0, 0.05) is 18.7 Å². The number of nitrogens with zero attached hydrogens (tertiary/aromatic N) is 1. The number of hydrogen-bond acceptors (Lipinski definition) is 5. The van der Waals surface area contributed by atoms with Crippen LogP contribution in [0.25, 0.3) is 0 Å². The number of carbonyl (C=O) groups excluding carboxylic acids is 1. The van der Waals surface area contributed by atoms with Crippen LogP contribution in [0.1, 0.15) is 11.7 Å². The summed E-state index contributed by atoms with van der Waals surface area (Å²) in [7, 11) is 0. The van der Waals surface area contributed by atoms with Crippen LogP contribution in [0.3, 0.4) is 0 Å². The minimum atomic E-state index is -1.01. The average Bonchev–Trinajstić information content (AvgIpc) is 2.59. The molecule has 0 radical (unpaired) electrons. The fourth-order valence-electron chi connectivity index (χ4n) is 1.96. The largest absolute Gasteiger partial charge is 0.481 e. The minimum absolute atomic E-state index is 0.0732. The number of amides is 1. The van der Waals surface area contributed by atoms with Crippen molar-refractivity contribution in [1.82, 2.24) is 5.32 Å². The number of nitro benzene ring substituents is 1. The van der Waals surface area contributed by atoms with Gasteiger partial charge in [-0.05, 0) is 29.8 Å². The molecule has 1 amide bonds. The van der Waals surface area contributed by atoms with Crippen molar-refractivity contribution in [3.8, 4) is 5.75 Å². The molecule has 2 rings (SSSR count). The van der Waals surface area contributed by atoms with Gasteiger partial charge < -0.3 is 15.2 Å². The molecule has 0 bridgehead atoms. The highest BCUT2D eigenvalue weighted by atomic mass is 35.5. The maximum atomic E-state index is 11.8. The first-order chi connectivity index (χ1) is 11.9. The number of nitro groups is 1. The zero-order valence-corrected chi connectivity index (χ0v) is 14.3. The van der Waals surface area contributed by atoms with Crippen molar-refractivity contribution >= 4 is 34.8 Å². The number of nitrogens with one attached hydrogen (secondary N) is 1. The van der Waals surface area contributed by atoms with E-state index in [2.05, 4.69) is 5.32 Å². The first kappa shape index (κ1) is 19.0. The lowest BCUT2D eigenvalue weighted by Gasteiger charge is -2.13. The first-order valence-electron chi connectivity index (χ1n) is 7.14. The third kappa shape index (κ3) is 5.32. The van der Waals surface area contributed by atoms with Gasteiger partial charge in [0.1, 0.15) is 0 Å². The van der Waals surface area contributed by atoms with E-state index in [4.69, 9.17) is 27.9 Å². The van der Waals surface area contributed by atoms with Gasteiger partial charge in [-0.3, -0.25) is 14.9 Å². The summed E-state index contributed by atoms with van der Waals surface area (Å²) in [5.41, 5.74) is 0.367. The van der Waals surface area contributed by atoms with E-state index in [1.807, 2.05) is 0 Å². The number of halogens is 2. The molecule has 0 aromatic heterocycles. The quantitative estimate of drug-likeness (QED) is 0.563. The Balaban J connectivity index is 1.84. The van der Waals surface area contributed by atoms with E-state index in [9.17, 15) is 20.0 Å². The summed E-state index contributed by atoms with van der Waals surface area (Å²) >= 11 is 11.9. The van der Waals surface area contributed by atoms with E-state index in [-0.39, 0.29) is 34.6 Å². The third-order valence-electron chi connectivity index (χ3n) is 3.25. The van der Waals surface area contributed by atoms with Crippen molar-refractivity contribution in [1.29, 1.82) is 0 Å². The molecule has 0 aliphatic heterocycles.